The molecule has 0 bridgehead atoms. The van der Waals surface area contributed by atoms with Gasteiger partial charge >= 0.3 is 10.2 Å². The standard InChI is InChI=1S/C12H18N4O3S/c13-12(14-17)8-9-16(11-4-2-1-3-5-11)20(18,19)15-10-6-7-10/h1-5,10,15,17H,6-9H2,(H2,13,14). The van der Waals surface area contributed by atoms with E-state index in [2.05, 4.69) is 9.88 Å². The van der Waals surface area contributed by atoms with Gasteiger partial charge in [-0.2, -0.15) is 13.1 Å². The highest BCUT2D eigenvalue weighted by atomic mass is 32.2. The minimum atomic E-state index is -3.62. The zero-order valence-electron chi connectivity index (χ0n) is 10.9. The lowest BCUT2D eigenvalue weighted by Gasteiger charge is -2.24. The highest BCUT2D eigenvalue weighted by Crippen LogP contribution is 2.23. The van der Waals surface area contributed by atoms with Crippen LogP contribution in [0.25, 0.3) is 0 Å². The molecule has 1 aliphatic rings. The Bertz CT molecular complexity index is 570. The summed E-state index contributed by atoms with van der Waals surface area (Å²) in [4.78, 5) is 0. The molecule has 4 N–H and O–H groups in total. The highest BCUT2D eigenvalue weighted by Gasteiger charge is 2.31. The van der Waals surface area contributed by atoms with Gasteiger partial charge in [-0.05, 0) is 25.0 Å². The van der Waals surface area contributed by atoms with Gasteiger partial charge in [0.2, 0.25) is 0 Å². The molecular weight excluding hydrogens is 280 g/mol. The smallest absolute Gasteiger partial charge is 0.301 e. The maximum Gasteiger partial charge on any atom is 0.301 e. The molecule has 1 aliphatic carbocycles. The summed E-state index contributed by atoms with van der Waals surface area (Å²) in [5, 5.41) is 11.4. The Morgan fingerprint density at radius 3 is 2.60 bits per heavy atom. The topological polar surface area (TPSA) is 108 Å². The van der Waals surface area contributed by atoms with Crippen LogP contribution in [-0.2, 0) is 10.2 Å². The van der Waals surface area contributed by atoms with E-state index in [4.69, 9.17) is 10.9 Å². The predicted molar refractivity (Wildman–Crippen MR) is 76.9 cm³/mol. The summed E-state index contributed by atoms with van der Waals surface area (Å²) in [5.74, 6) is -0.00690. The molecule has 0 aliphatic heterocycles. The van der Waals surface area contributed by atoms with Gasteiger partial charge in [0.15, 0.2) is 0 Å². The summed E-state index contributed by atoms with van der Waals surface area (Å²) in [6.07, 6.45) is 1.88. The number of para-hydroxylation sites is 1. The number of hydrogen-bond donors (Lipinski definition) is 3. The van der Waals surface area contributed by atoms with Crippen LogP contribution >= 0.6 is 0 Å². The monoisotopic (exact) mass is 298 g/mol. The molecule has 1 aromatic carbocycles. The molecule has 110 valence electrons. The van der Waals surface area contributed by atoms with Gasteiger partial charge in [-0.1, -0.05) is 23.4 Å². The summed E-state index contributed by atoms with van der Waals surface area (Å²) in [5.41, 5.74) is 5.96. The lowest BCUT2D eigenvalue weighted by Crippen LogP contribution is -2.43. The third-order valence-electron chi connectivity index (χ3n) is 2.93. The number of amidine groups is 1. The first-order valence-electron chi connectivity index (χ1n) is 6.34. The van der Waals surface area contributed by atoms with Crippen molar-refractivity contribution in [2.75, 3.05) is 10.8 Å². The fourth-order valence-corrected chi connectivity index (χ4v) is 3.24. The van der Waals surface area contributed by atoms with Crippen LogP contribution in [0.3, 0.4) is 0 Å². The molecule has 1 aromatic rings. The van der Waals surface area contributed by atoms with E-state index in [1.54, 1.807) is 24.3 Å². The van der Waals surface area contributed by atoms with Crippen LogP contribution in [0, 0.1) is 0 Å². The third kappa shape index (κ3) is 3.84. The maximum atomic E-state index is 12.4. The molecule has 0 atom stereocenters. The van der Waals surface area contributed by atoms with Gasteiger partial charge in [-0.15, -0.1) is 0 Å². The molecule has 0 spiro atoms. The van der Waals surface area contributed by atoms with Gasteiger partial charge in [-0.25, -0.2) is 0 Å². The lowest BCUT2D eigenvalue weighted by atomic mass is 10.3. The Morgan fingerprint density at radius 2 is 2.05 bits per heavy atom. The van der Waals surface area contributed by atoms with Gasteiger partial charge in [0, 0.05) is 19.0 Å². The first kappa shape index (κ1) is 14.6. The zero-order chi connectivity index (χ0) is 14.6. The molecule has 1 saturated carbocycles. The Hall–Kier alpha value is -1.80. The van der Waals surface area contributed by atoms with Gasteiger partial charge in [0.1, 0.15) is 5.84 Å². The lowest BCUT2D eigenvalue weighted by molar-refractivity contribution is 0.317. The van der Waals surface area contributed by atoms with Crippen molar-refractivity contribution in [3.8, 4) is 0 Å². The molecular formula is C12H18N4O3S. The van der Waals surface area contributed by atoms with Crippen molar-refractivity contribution in [1.29, 1.82) is 0 Å². The number of nitrogens with two attached hydrogens (primary N) is 1. The predicted octanol–water partition coefficient (Wildman–Crippen LogP) is 0.626. The minimum absolute atomic E-state index is 0.00690. The van der Waals surface area contributed by atoms with E-state index in [0.29, 0.717) is 5.69 Å². The average Bonchev–Trinajstić information content (AvgIpc) is 3.22. The SMILES string of the molecule is N/C(CCN(c1ccccc1)S(=O)(=O)NC1CC1)=N/O. The molecule has 0 saturated heterocycles. The number of benzene rings is 1. The largest absolute Gasteiger partial charge is 0.409 e. The quantitative estimate of drug-likeness (QED) is 0.297. The van der Waals surface area contributed by atoms with Crippen LogP contribution in [0.4, 0.5) is 5.69 Å². The average molecular weight is 298 g/mol. The van der Waals surface area contributed by atoms with Crippen molar-refractivity contribution in [3.63, 3.8) is 0 Å². The number of nitrogens with zero attached hydrogens (tertiary/aromatic N) is 2. The molecule has 20 heavy (non-hydrogen) atoms. The zero-order valence-corrected chi connectivity index (χ0v) is 11.8. The van der Waals surface area contributed by atoms with Crippen molar-refractivity contribution in [3.05, 3.63) is 30.3 Å². The van der Waals surface area contributed by atoms with Crippen molar-refractivity contribution in [2.45, 2.75) is 25.3 Å². The van der Waals surface area contributed by atoms with Crippen LogP contribution in [0.15, 0.2) is 35.5 Å². The fraction of sp³-hybridized carbons (Fsp3) is 0.417. The number of oxime groups is 1. The van der Waals surface area contributed by atoms with E-state index in [1.807, 2.05) is 6.07 Å². The van der Waals surface area contributed by atoms with Crippen LogP contribution in [0.1, 0.15) is 19.3 Å². The molecule has 0 aromatic heterocycles. The van der Waals surface area contributed by atoms with Gasteiger partial charge in [-0.3, -0.25) is 4.31 Å². The van der Waals surface area contributed by atoms with Crippen molar-refractivity contribution < 1.29 is 13.6 Å². The second-order valence-corrected chi connectivity index (χ2v) is 6.27. The van der Waals surface area contributed by atoms with Crippen molar-refractivity contribution in [1.82, 2.24) is 4.72 Å². The van der Waals surface area contributed by atoms with E-state index in [-0.39, 0.29) is 24.8 Å². The molecule has 8 heteroatoms. The van der Waals surface area contributed by atoms with Crippen LogP contribution < -0.4 is 14.8 Å². The van der Waals surface area contributed by atoms with E-state index in [9.17, 15) is 8.42 Å². The summed E-state index contributed by atoms with van der Waals surface area (Å²) >= 11 is 0. The number of hydrogen-bond acceptors (Lipinski definition) is 4. The Labute approximate surface area is 118 Å². The van der Waals surface area contributed by atoms with E-state index >= 15 is 0 Å². The Kier molecular flexibility index (Phi) is 4.46. The molecule has 0 amide bonds. The number of rotatable bonds is 7. The Balaban J connectivity index is 2.19. The van der Waals surface area contributed by atoms with Crippen LogP contribution in [0.5, 0.6) is 0 Å². The summed E-state index contributed by atoms with van der Waals surface area (Å²) < 4.78 is 28.6. The van der Waals surface area contributed by atoms with Crippen LogP contribution in [-0.4, -0.2) is 32.0 Å². The number of anilines is 1. The molecule has 0 heterocycles. The highest BCUT2D eigenvalue weighted by molar-refractivity contribution is 7.90. The first-order valence-corrected chi connectivity index (χ1v) is 7.78. The second-order valence-electron chi connectivity index (χ2n) is 4.65. The van der Waals surface area contributed by atoms with E-state index in [1.165, 1.54) is 4.31 Å². The third-order valence-corrected chi connectivity index (χ3v) is 4.53. The summed E-state index contributed by atoms with van der Waals surface area (Å²) in [6.45, 7) is 0.113. The molecule has 2 rings (SSSR count). The number of nitrogens with one attached hydrogen (secondary N) is 1. The first-order chi connectivity index (χ1) is 9.53. The van der Waals surface area contributed by atoms with Crippen molar-refractivity contribution in [2.24, 2.45) is 10.9 Å². The minimum Gasteiger partial charge on any atom is -0.409 e. The fourth-order valence-electron chi connectivity index (χ4n) is 1.72. The molecule has 0 radical (unpaired) electrons. The maximum absolute atomic E-state index is 12.4. The van der Waals surface area contributed by atoms with E-state index in [0.717, 1.165) is 12.8 Å². The van der Waals surface area contributed by atoms with Crippen molar-refractivity contribution >= 4 is 21.7 Å². The van der Waals surface area contributed by atoms with Gasteiger partial charge in [0.05, 0.1) is 5.69 Å². The van der Waals surface area contributed by atoms with Gasteiger partial charge in [0.25, 0.3) is 0 Å². The Morgan fingerprint density at radius 1 is 1.40 bits per heavy atom. The summed E-state index contributed by atoms with van der Waals surface area (Å²) in [7, 11) is -3.62. The normalized spacial score (nSPS) is 16.1. The van der Waals surface area contributed by atoms with E-state index < -0.39 is 10.2 Å². The molecule has 7 nitrogen and oxygen atoms in total. The van der Waals surface area contributed by atoms with Gasteiger partial charge < -0.3 is 10.9 Å². The molecule has 1 fully saturated rings. The second kappa shape index (κ2) is 6.10. The van der Waals surface area contributed by atoms with Crippen LogP contribution in [0.2, 0.25) is 0 Å². The summed E-state index contributed by atoms with van der Waals surface area (Å²) in [6, 6.07) is 8.77. The molecule has 0 unspecified atom stereocenters.